The van der Waals surface area contributed by atoms with Crippen LogP contribution in [0.4, 0.5) is 10.5 Å². The van der Waals surface area contributed by atoms with Gasteiger partial charge in [0.15, 0.2) is 11.5 Å². The number of aromatic carboxylic acids is 1. The number of aromatic hydroxyl groups is 1. The summed E-state index contributed by atoms with van der Waals surface area (Å²) >= 11 is 0. The molecule has 5 rings (SSSR count). The molecule has 8 heteroatoms. The number of hydrogen-bond acceptors (Lipinski definition) is 6. The summed E-state index contributed by atoms with van der Waals surface area (Å²) in [5.74, 6) is -0.561. The maximum Gasteiger partial charge on any atom is 0.415 e. The summed E-state index contributed by atoms with van der Waals surface area (Å²) in [6.45, 7) is 2.95. The molecular weight excluding hydrogens is 400 g/mol. The van der Waals surface area contributed by atoms with Crippen molar-refractivity contribution in [3.63, 3.8) is 0 Å². The number of hydrogen-bond donors (Lipinski definition) is 2. The van der Waals surface area contributed by atoms with Gasteiger partial charge in [0.1, 0.15) is 6.10 Å². The molecule has 2 N–H and O–H groups in total. The van der Waals surface area contributed by atoms with Crippen LogP contribution in [0, 0.1) is 5.92 Å². The molecule has 1 atom stereocenters. The molecule has 1 amide bonds. The van der Waals surface area contributed by atoms with Crippen LogP contribution in [-0.2, 0) is 11.3 Å². The lowest BCUT2D eigenvalue weighted by atomic mass is 9.86. The zero-order chi connectivity index (χ0) is 22.0. The molecule has 0 spiro atoms. The van der Waals surface area contributed by atoms with Gasteiger partial charge in [-0.05, 0) is 61.7 Å². The zero-order valence-corrected chi connectivity index (χ0v) is 17.4. The number of phenolic OH excluding ortho intramolecular Hbond substituents is 1. The number of benzene rings is 2. The monoisotopic (exact) mass is 426 g/mol. The first kappa shape index (κ1) is 21.0. The normalized spacial score (nSPS) is 22.0. The highest BCUT2D eigenvalue weighted by Gasteiger charge is 2.37. The number of anilines is 1. The minimum atomic E-state index is -1.01. The fourth-order valence-corrected chi connectivity index (χ4v) is 4.36. The Morgan fingerprint density at radius 3 is 2.42 bits per heavy atom. The molecule has 31 heavy (non-hydrogen) atoms. The molecule has 0 unspecified atom stereocenters. The SMILES string of the molecule is COc1c(O)cccc1N(Cc1ccc(C(=O)O)cc1)C(=O)O[C@H]1CN2CCC1CC2. The van der Waals surface area contributed by atoms with E-state index < -0.39 is 12.1 Å². The highest BCUT2D eigenvalue weighted by molar-refractivity contribution is 5.91. The van der Waals surface area contributed by atoms with Crippen molar-refractivity contribution in [1.29, 1.82) is 0 Å². The van der Waals surface area contributed by atoms with Gasteiger partial charge in [0.25, 0.3) is 0 Å². The highest BCUT2D eigenvalue weighted by Crippen LogP contribution is 2.38. The van der Waals surface area contributed by atoms with Crippen molar-refractivity contribution in [3.8, 4) is 11.5 Å². The van der Waals surface area contributed by atoms with Crippen molar-refractivity contribution in [2.75, 3.05) is 31.6 Å². The molecule has 0 aromatic heterocycles. The lowest BCUT2D eigenvalue weighted by Crippen LogP contribution is -2.53. The molecule has 3 aliphatic rings. The Bertz CT molecular complexity index is 953. The molecule has 0 radical (unpaired) electrons. The summed E-state index contributed by atoms with van der Waals surface area (Å²) in [5.41, 5.74) is 1.28. The van der Waals surface area contributed by atoms with Crippen molar-refractivity contribution in [3.05, 3.63) is 53.6 Å². The van der Waals surface area contributed by atoms with Crippen LogP contribution < -0.4 is 9.64 Å². The van der Waals surface area contributed by atoms with E-state index in [4.69, 9.17) is 14.6 Å². The minimum Gasteiger partial charge on any atom is -0.504 e. The Hall–Kier alpha value is -3.26. The Morgan fingerprint density at radius 1 is 1.13 bits per heavy atom. The predicted molar refractivity (Wildman–Crippen MR) is 114 cm³/mol. The summed E-state index contributed by atoms with van der Waals surface area (Å²) < 4.78 is 11.3. The maximum atomic E-state index is 13.3. The summed E-state index contributed by atoms with van der Waals surface area (Å²) in [4.78, 5) is 28.2. The number of nitrogens with zero attached hydrogens (tertiary/aromatic N) is 2. The lowest BCUT2D eigenvalue weighted by molar-refractivity contribution is -0.0311. The van der Waals surface area contributed by atoms with E-state index in [0.29, 0.717) is 11.6 Å². The first-order valence-electron chi connectivity index (χ1n) is 10.3. The third-order valence-electron chi connectivity index (χ3n) is 6.08. The molecule has 0 saturated carbocycles. The summed E-state index contributed by atoms with van der Waals surface area (Å²) in [7, 11) is 1.43. The number of fused-ring (bicyclic) bond motifs is 3. The molecule has 3 saturated heterocycles. The van der Waals surface area contributed by atoms with E-state index in [0.717, 1.165) is 38.0 Å². The third kappa shape index (κ3) is 4.44. The number of carbonyl (C=O) groups excluding carboxylic acids is 1. The molecule has 3 aliphatic heterocycles. The van der Waals surface area contributed by atoms with E-state index in [1.807, 2.05) is 0 Å². The van der Waals surface area contributed by atoms with Gasteiger partial charge in [-0.3, -0.25) is 9.80 Å². The number of phenols is 1. The number of ether oxygens (including phenoxy) is 2. The number of carbonyl (C=O) groups is 2. The Kier molecular flexibility index (Phi) is 5.99. The van der Waals surface area contributed by atoms with Gasteiger partial charge in [0.05, 0.1) is 24.9 Å². The quantitative estimate of drug-likeness (QED) is 0.731. The number of carboxylic acid groups (broad SMARTS) is 1. The van der Waals surface area contributed by atoms with E-state index in [9.17, 15) is 14.7 Å². The van der Waals surface area contributed by atoms with Crippen molar-refractivity contribution < 1.29 is 29.3 Å². The van der Waals surface area contributed by atoms with Crippen molar-refractivity contribution in [1.82, 2.24) is 4.90 Å². The fourth-order valence-electron chi connectivity index (χ4n) is 4.36. The first-order valence-corrected chi connectivity index (χ1v) is 10.3. The van der Waals surface area contributed by atoms with Gasteiger partial charge < -0.3 is 19.7 Å². The van der Waals surface area contributed by atoms with E-state index in [1.54, 1.807) is 24.3 Å². The largest absolute Gasteiger partial charge is 0.504 e. The van der Waals surface area contributed by atoms with Gasteiger partial charge in [-0.1, -0.05) is 18.2 Å². The van der Waals surface area contributed by atoms with Gasteiger partial charge in [-0.25, -0.2) is 9.59 Å². The van der Waals surface area contributed by atoms with Crippen LogP contribution in [0.1, 0.15) is 28.8 Å². The van der Waals surface area contributed by atoms with Crippen LogP contribution >= 0.6 is 0 Å². The molecule has 2 aromatic rings. The number of rotatable bonds is 6. The molecule has 0 aliphatic carbocycles. The third-order valence-corrected chi connectivity index (χ3v) is 6.08. The molecule has 3 fully saturated rings. The Balaban J connectivity index is 1.61. The Labute approximate surface area is 180 Å². The van der Waals surface area contributed by atoms with Crippen molar-refractivity contribution >= 4 is 17.7 Å². The molecule has 3 heterocycles. The first-order chi connectivity index (χ1) is 15.0. The summed E-state index contributed by atoms with van der Waals surface area (Å²) in [6, 6.07) is 11.1. The van der Waals surface area contributed by atoms with Crippen molar-refractivity contribution in [2.45, 2.75) is 25.5 Å². The predicted octanol–water partition coefficient (Wildman–Crippen LogP) is 3.34. The van der Waals surface area contributed by atoms with E-state index >= 15 is 0 Å². The van der Waals surface area contributed by atoms with Crippen LogP contribution in [0.25, 0.3) is 0 Å². The Morgan fingerprint density at radius 2 is 1.84 bits per heavy atom. The number of carboxylic acids is 1. The molecule has 8 nitrogen and oxygen atoms in total. The second-order valence-corrected chi connectivity index (χ2v) is 7.98. The number of amides is 1. The van der Waals surface area contributed by atoms with Crippen LogP contribution in [0.5, 0.6) is 11.5 Å². The summed E-state index contributed by atoms with van der Waals surface area (Å²) in [6.07, 6.45) is 1.34. The molecule has 2 bridgehead atoms. The second kappa shape index (κ2) is 8.85. The van der Waals surface area contributed by atoms with Crippen molar-refractivity contribution in [2.24, 2.45) is 5.92 Å². The molecule has 2 aromatic carbocycles. The maximum absolute atomic E-state index is 13.3. The minimum absolute atomic E-state index is 0.0816. The van der Waals surface area contributed by atoms with Gasteiger partial charge in [0.2, 0.25) is 0 Å². The number of methoxy groups -OCH3 is 1. The van der Waals surface area contributed by atoms with Crippen LogP contribution in [0.2, 0.25) is 0 Å². The average Bonchev–Trinajstić information content (AvgIpc) is 2.78. The van der Waals surface area contributed by atoms with Crippen LogP contribution in [0.3, 0.4) is 0 Å². The topological polar surface area (TPSA) is 99.5 Å². The highest BCUT2D eigenvalue weighted by atomic mass is 16.6. The standard InChI is InChI=1S/C23H26N2O6/c1-30-21-18(3-2-4-19(21)26)25(13-15-5-7-17(8-6-15)22(27)28)23(29)31-20-14-24-11-9-16(20)10-12-24/h2-8,16,20,26H,9-14H2,1H3,(H,27,28)/t20-/m0/s1. The fraction of sp³-hybridized carbons (Fsp3) is 0.391. The smallest absolute Gasteiger partial charge is 0.415 e. The zero-order valence-electron chi connectivity index (χ0n) is 17.4. The summed E-state index contributed by atoms with van der Waals surface area (Å²) in [5, 5.41) is 19.3. The van der Waals surface area contributed by atoms with E-state index in [2.05, 4.69) is 4.90 Å². The average molecular weight is 426 g/mol. The van der Waals surface area contributed by atoms with Gasteiger partial charge in [-0.2, -0.15) is 0 Å². The van der Waals surface area contributed by atoms with Crippen LogP contribution in [-0.4, -0.2) is 60.0 Å². The van der Waals surface area contributed by atoms with Gasteiger partial charge >= 0.3 is 12.1 Å². The van der Waals surface area contributed by atoms with Crippen LogP contribution in [0.15, 0.2) is 42.5 Å². The lowest BCUT2D eigenvalue weighted by Gasteiger charge is -2.44. The van der Waals surface area contributed by atoms with Gasteiger partial charge in [0, 0.05) is 6.54 Å². The van der Waals surface area contributed by atoms with Gasteiger partial charge in [-0.15, -0.1) is 0 Å². The second-order valence-electron chi connectivity index (χ2n) is 7.98. The number of para-hydroxylation sites is 1. The molecule has 164 valence electrons. The number of piperidine rings is 3. The van der Waals surface area contributed by atoms with E-state index in [-0.39, 0.29) is 29.7 Å². The molecular formula is C23H26N2O6. The van der Waals surface area contributed by atoms with E-state index in [1.165, 1.54) is 30.2 Å².